The standard InChI is InChI=1S/C17H25F3N2O.ClH/c1-16(2,3)15(22-9-7-21-8-10-22)13-6-5-12(17(18,19)20)11-14(13)23-4;/h5-6,11,15,21H,7-10H2,1-4H3;1H/t15-;/m0./s1. The van der Waals surface area contributed by atoms with Crippen LogP contribution in [-0.2, 0) is 6.18 Å². The Morgan fingerprint density at radius 3 is 2.17 bits per heavy atom. The Labute approximate surface area is 148 Å². The second kappa shape index (κ2) is 7.93. The maximum absolute atomic E-state index is 13.0. The maximum atomic E-state index is 13.0. The van der Waals surface area contributed by atoms with Crippen LogP contribution in [0.25, 0.3) is 0 Å². The largest absolute Gasteiger partial charge is 0.496 e. The topological polar surface area (TPSA) is 24.5 Å². The lowest BCUT2D eigenvalue weighted by atomic mass is 9.80. The van der Waals surface area contributed by atoms with Gasteiger partial charge in [-0.05, 0) is 17.5 Å². The molecular formula is C17H26ClF3N2O. The highest BCUT2D eigenvalue weighted by atomic mass is 35.5. The molecule has 1 aromatic rings. The van der Waals surface area contributed by atoms with E-state index >= 15 is 0 Å². The fourth-order valence-corrected chi connectivity index (χ4v) is 3.26. The molecule has 0 aromatic heterocycles. The summed E-state index contributed by atoms with van der Waals surface area (Å²) in [5.41, 5.74) is 0.0191. The summed E-state index contributed by atoms with van der Waals surface area (Å²) in [6.45, 7) is 9.83. The van der Waals surface area contributed by atoms with Crippen LogP contribution in [0.5, 0.6) is 5.75 Å². The molecule has 0 bridgehead atoms. The number of alkyl halides is 3. The van der Waals surface area contributed by atoms with E-state index in [1.165, 1.54) is 7.11 Å². The van der Waals surface area contributed by atoms with E-state index in [9.17, 15) is 13.2 Å². The van der Waals surface area contributed by atoms with Gasteiger partial charge >= 0.3 is 6.18 Å². The normalized spacial score (nSPS) is 18.0. The molecule has 1 saturated heterocycles. The number of benzene rings is 1. The van der Waals surface area contributed by atoms with Gasteiger partial charge in [0.1, 0.15) is 5.75 Å². The van der Waals surface area contributed by atoms with Gasteiger partial charge in [-0.2, -0.15) is 13.2 Å². The molecule has 0 amide bonds. The number of hydrogen-bond donors (Lipinski definition) is 1. The SMILES string of the molecule is COc1cc(C(F)(F)F)ccc1[C@H](N1CCNCC1)C(C)(C)C.Cl. The first-order valence-corrected chi connectivity index (χ1v) is 7.84. The van der Waals surface area contributed by atoms with Crippen molar-refractivity contribution < 1.29 is 17.9 Å². The summed E-state index contributed by atoms with van der Waals surface area (Å²) < 4.78 is 44.2. The Morgan fingerprint density at radius 1 is 1.12 bits per heavy atom. The van der Waals surface area contributed by atoms with Crippen LogP contribution < -0.4 is 10.1 Å². The first kappa shape index (κ1) is 21.1. The van der Waals surface area contributed by atoms with E-state index in [4.69, 9.17) is 4.74 Å². The van der Waals surface area contributed by atoms with Gasteiger partial charge in [-0.3, -0.25) is 4.90 Å². The molecule has 1 atom stereocenters. The van der Waals surface area contributed by atoms with E-state index in [-0.39, 0.29) is 23.9 Å². The van der Waals surface area contributed by atoms with Gasteiger partial charge in [0.25, 0.3) is 0 Å². The molecule has 1 N–H and O–H groups in total. The Bertz CT molecular complexity index is 538. The lowest BCUT2D eigenvalue weighted by Crippen LogP contribution is -2.48. The van der Waals surface area contributed by atoms with Crippen LogP contribution in [0.15, 0.2) is 18.2 Å². The summed E-state index contributed by atoms with van der Waals surface area (Å²) in [7, 11) is 1.43. The number of ether oxygens (including phenoxy) is 1. The van der Waals surface area contributed by atoms with Gasteiger partial charge < -0.3 is 10.1 Å². The molecular weight excluding hydrogens is 341 g/mol. The second-order valence-corrected chi connectivity index (χ2v) is 7.01. The van der Waals surface area contributed by atoms with E-state index < -0.39 is 11.7 Å². The lowest BCUT2D eigenvalue weighted by molar-refractivity contribution is -0.137. The molecule has 1 heterocycles. The highest BCUT2D eigenvalue weighted by Crippen LogP contribution is 2.43. The summed E-state index contributed by atoms with van der Waals surface area (Å²) in [6, 6.07) is 3.83. The molecule has 1 aliphatic heterocycles. The van der Waals surface area contributed by atoms with Crippen molar-refractivity contribution in [1.82, 2.24) is 10.2 Å². The Morgan fingerprint density at radius 2 is 1.71 bits per heavy atom. The number of rotatable bonds is 3. The quantitative estimate of drug-likeness (QED) is 0.870. The zero-order valence-corrected chi connectivity index (χ0v) is 15.4. The van der Waals surface area contributed by atoms with Crippen molar-refractivity contribution in [3.8, 4) is 5.75 Å². The number of hydrogen-bond acceptors (Lipinski definition) is 3. The summed E-state index contributed by atoms with van der Waals surface area (Å²) in [5.74, 6) is 0.304. The molecule has 1 aliphatic rings. The van der Waals surface area contributed by atoms with Crippen molar-refractivity contribution in [2.45, 2.75) is 33.0 Å². The number of methoxy groups -OCH3 is 1. The summed E-state index contributed by atoms with van der Waals surface area (Å²) in [4.78, 5) is 2.32. The van der Waals surface area contributed by atoms with Crippen LogP contribution >= 0.6 is 12.4 Å². The Kier molecular flexibility index (Phi) is 6.96. The molecule has 7 heteroatoms. The minimum atomic E-state index is -4.36. The van der Waals surface area contributed by atoms with Crippen molar-refractivity contribution in [2.75, 3.05) is 33.3 Å². The summed E-state index contributed by atoms with van der Waals surface area (Å²) in [6.07, 6.45) is -4.36. The van der Waals surface area contributed by atoms with Crippen LogP contribution in [-0.4, -0.2) is 38.2 Å². The Balaban J connectivity index is 0.00000288. The van der Waals surface area contributed by atoms with Crippen LogP contribution in [0.4, 0.5) is 13.2 Å². The van der Waals surface area contributed by atoms with Crippen molar-refractivity contribution in [1.29, 1.82) is 0 Å². The van der Waals surface area contributed by atoms with Crippen LogP contribution in [0, 0.1) is 5.41 Å². The van der Waals surface area contributed by atoms with Crippen LogP contribution in [0.1, 0.15) is 37.9 Å². The molecule has 0 aliphatic carbocycles. The van der Waals surface area contributed by atoms with Crippen LogP contribution in [0.3, 0.4) is 0 Å². The minimum absolute atomic E-state index is 0. The zero-order chi connectivity index (χ0) is 17.3. The fraction of sp³-hybridized carbons (Fsp3) is 0.647. The maximum Gasteiger partial charge on any atom is 0.416 e. The third-order valence-corrected chi connectivity index (χ3v) is 4.19. The van der Waals surface area contributed by atoms with Gasteiger partial charge in [0, 0.05) is 37.8 Å². The predicted octanol–water partition coefficient (Wildman–Crippen LogP) is 4.13. The van der Waals surface area contributed by atoms with E-state index in [0.717, 1.165) is 43.9 Å². The highest BCUT2D eigenvalue weighted by molar-refractivity contribution is 5.85. The third kappa shape index (κ3) is 4.77. The van der Waals surface area contributed by atoms with Crippen molar-refractivity contribution >= 4 is 12.4 Å². The van der Waals surface area contributed by atoms with Crippen molar-refractivity contribution in [3.05, 3.63) is 29.3 Å². The van der Waals surface area contributed by atoms with Crippen LogP contribution in [0.2, 0.25) is 0 Å². The summed E-state index contributed by atoms with van der Waals surface area (Å²) >= 11 is 0. The molecule has 1 aromatic carbocycles. The second-order valence-electron chi connectivity index (χ2n) is 7.01. The smallest absolute Gasteiger partial charge is 0.416 e. The lowest BCUT2D eigenvalue weighted by Gasteiger charge is -2.43. The van der Waals surface area contributed by atoms with E-state index in [0.29, 0.717) is 5.75 Å². The van der Waals surface area contributed by atoms with Gasteiger partial charge in [-0.15, -0.1) is 12.4 Å². The first-order valence-electron chi connectivity index (χ1n) is 7.84. The molecule has 1 fully saturated rings. The van der Waals surface area contributed by atoms with Crippen molar-refractivity contribution in [2.24, 2.45) is 5.41 Å². The molecule has 0 saturated carbocycles. The number of halogens is 4. The van der Waals surface area contributed by atoms with E-state index in [1.54, 1.807) is 6.07 Å². The molecule has 0 unspecified atom stereocenters. The zero-order valence-electron chi connectivity index (χ0n) is 14.5. The summed E-state index contributed by atoms with van der Waals surface area (Å²) in [5, 5.41) is 3.31. The number of piperazine rings is 1. The van der Waals surface area contributed by atoms with Crippen molar-refractivity contribution in [3.63, 3.8) is 0 Å². The first-order chi connectivity index (χ1) is 10.6. The molecule has 2 rings (SSSR count). The number of nitrogens with one attached hydrogen (secondary N) is 1. The average molecular weight is 367 g/mol. The highest BCUT2D eigenvalue weighted by Gasteiger charge is 2.36. The van der Waals surface area contributed by atoms with Gasteiger partial charge in [0.15, 0.2) is 0 Å². The molecule has 138 valence electrons. The van der Waals surface area contributed by atoms with E-state index in [1.807, 2.05) is 0 Å². The molecule has 0 radical (unpaired) electrons. The fourth-order valence-electron chi connectivity index (χ4n) is 3.26. The molecule has 3 nitrogen and oxygen atoms in total. The molecule has 0 spiro atoms. The van der Waals surface area contributed by atoms with Gasteiger partial charge in [-0.1, -0.05) is 26.8 Å². The predicted molar refractivity (Wildman–Crippen MR) is 91.9 cm³/mol. The number of nitrogens with zero attached hydrogens (tertiary/aromatic N) is 1. The Hall–Kier alpha value is -0.980. The minimum Gasteiger partial charge on any atom is -0.496 e. The van der Waals surface area contributed by atoms with Gasteiger partial charge in [0.05, 0.1) is 12.7 Å². The third-order valence-electron chi connectivity index (χ3n) is 4.19. The monoisotopic (exact) mass is 366 g/mol. The van der Waals surface area contributed by atoms with E-state index in [2.05, 4.69) is 31.0 Å². The molecule has 24 heavy (non-hydrogen) atoms. The average Bonchev–Trinajstić information content (AvgIpc) is 2.46. The van der Waals surface area contributed by atoms with Gasteiger partial charge in [-0.25, -0.2) is 0 Å². The van der Waals surface area contributed by atoms with Gasteiger partial charge in [0.2, 0.25) is 0 Å².